The molecule has 0 heterocycles. The second-order valence-electron chi connectivity index (χ2n) is 5.19. The highest BCUT2D eigenvalue weighted by Gasteiger charge is 2.21. The second kappa shape index (κ2) is 7.67. The van der Waals surface area contributed by atoms with Crippen molar-refractivity contribution in [2.24, 2.45) is 5.92 Å². The Bertz CT molecular complexity index is 520. The molecule has 0 aliphatic heterocycles. The van der Waals surface area contributed by atoms with Gasteiger partial charge in [0.2, 0.25) is 0 Å². The van der Waals surface area contributed by atoms with Crippen LogP contribution >= 0.6 is 0 Å². The van der Waals surface area contributed by atoms with Crippen LogP contribution in [0.4, 0.5) is 10.5 Å². The van der Waals surface area contributed by atoms with Crippen molar-refractivity contribution in [2.45, 2.75) is 18.9 Å². The van der Waals surface area contributed by atoms with Gasteiger partial charge in [-0.2, -0.15) is 0 Å². The third kappa shape index (κ3) is 5.86. The zero-order valence-corrected chi connectivity index (χ0v) is 11.8. The first kappa shape index (κ1) is 15.4. The number of urea groups is 1. The van der Waals surface area contributed by atoms with E-state index in [0.29, 0.717) is 23.8 Å². The Morgan fingerprint density at radius 2 is 2.33 bits per heavy atom. The Balaban J connectivity index is 1.65. The van der Waals surface area contributed by atoms with E-state index in [4.69, 9.17) is 11.2 Å². The molecule has 0 bridgehead atoms. The van der Waals surface area contributed by atoms with Crippen LogP contribution in [0.15, 0.2) is 24.3 Å². The highest BCUT2D eigenvalue weighted by molar-refractivity contribution is 5.89. The van der Waals surface area contributed by atoms with E-state index in [1.165, 1.54) is 12.8 Å². The Morgan fingerprint density at radius 1 is 1.52 bits per heavy atom. The number of nitrogens with one attached hydrogen (secondary N) is 2. The number of benzene rings is 1. The highest BCUT2D eigenvalue weighted by Crippen LogP contribution is 2.28. The first-order valence-corrected chi connectivity index (χ1v) is 7.04. The number of ether oxygens (including phenoxy) is 1. The van der Waals surface area contributed by atoms with Crippen LogP contribution in [0.2, 0.25) is 0 Å². The summed E-state index contributed by atoms with van der Waals surface area (Å²) in [5.74, 6) is 3.16. The zero-order valence-electron chi connectivity index (χ0n) is 11.8. The van der Waals surface area contributed by atoms with E-state index in [1.54, 1.807) is 24.3 Å². The number of hydrogen-bond donors (Lipinski definition) is 3. The molecular formula is C16H20N2O3. The van der Waals surface area contributed by atoms with Crippen LogP contribution in [0.1, 0.15) is 18.4 Å². The number of aliphatic hydroxyl groups excluding tert-OH is 1. The number of terminal acetylenes is 1. The molecule has 0 radical (unpaired) electrons. The van der Waals surface area contributed by atoms with E-state index >= 15 is 0 Å². The standard InChI is InChI=1S/C16H20N2O3/c1-2-12-4-3-5-14(8-12)18-16(20)17-9-15(19)11-21-10-13-6-7-13/h1,3-5,8,13,15,19H,6-7,9-11H2,(H2,17,18,20). The number of carbonyl (C=O) groups excluding carboxylic acids is 1. The molecule has 112 valence electrons. The maximum atomic E-state index is 11.7. The van der Waals surface area contributed by atoms with Gasteiger partial charge in [0.1, 0.15) is 0 Å². The van der Waals surface area contributed by atoms with E-state index in [-0.39, 0.29) is 19.2 Å². The van der Waals surface area contributed by atoms with E-state index in [1.807, 2.05) is 0 Å². The summed E-state index contributed by atoms with van der Waals surface area (Å²) in [5.41, 5.74) is 1.31. The average molecular weight is 288 g/mol. The fraction of sp³-hybridized carbons (Fsp3) is 0.438. The minimum atomic E-state index is -0.702. The van der Waals surface area contributed by atoms with Crippen LogP contribution in [-0.2, 0) is 4.74 Å². The van der Waals surface area contributed by atoms with Crippen molar-refractivity contribution >= 4 is 11.7 Å². The Hall–Kier alpha value is -2.03. The Kier molecular flexibility index (Phi) is 5.61. The molecule has 1 aromatic rings. The number of amides is 2. The van der Waals surface area contributed by atoms with Crippen molar-refractivity contribution in [1.82, 2.24) is 5.32 Å². The van der Waals surface area contributed by atoms with E-state index < -0.39 is 6.10 Å². The Morgan fingerprint density at radius 3 is 3.05 bits per heavy atom. The number of anilines is 1. The topological polar surface area (TPSA) is 70.6 Å². The van der Waals surface area contributed by atoms with Crippen molar-refractivity contribution in [3.63, 3.8) is 0 Å². The fourth-order valence-electron chi connectivity index (χ4n) is 1.79. The molecule has 1 aromatic carbocycles. The van der Waals surface area contributed by atoms with Gasteiger partial charge in [-0.1, -0.05) is 12.0 Å². The predicted molar refractivity (Wildman–Crippen MR) is 80.9 cm³/mol. The molecular weight excluding hydrogens is 268 g/mol. The van der Waals surface area contributed by atoms with Gasteiger partial charge in [-0.3, -0.25) is 0 Å². The van der Waals surface area contributed by atoms with E-state index in [0.717, 1.165) is 0 Å². The second-order valence-corrected chi connectivity index (χ2v) is 5.19. The molecule has 0 aromatic heterocycles. The zero-order chi connectivity index (χ0) is 15.1. The van der Waals surface area contributed by atoms with Gasteiger partial charge in [0.05, 0.1) is 12.7 Å². The monoisotopic (exact) mass is 288 g/mol. The lowest BCUT2D eigenvalue weighted by Crippen LogP contribution is -2.37. The maximum absolute atomic E-state index is 11.7. The van der Waals surface area contributed by atoms with Crippen molar-refractivity contribution in [2.75, 3.05) is 25.1 Å². The molecule has 1 fully saturated rings. The molecule has 1 atom stereocenters. The molecule has 1 saturated carbocycles. The first-order valence-electron chi connectivity index (χ1n) is 7.04. The van der Waals surface area contributed by atoms with E-state index in [9.17, 15) is 9.90 Å². The molecule has 3 N–H and O–H groups in total. The Labute approximate surface area is 124 Å². The minimum absolute atomic E-state index is 0.144. The molecule has 2 amide bonds. The van der Waals surface area contributed by atoms with Crippen LogP contribution < -0.4 is 10.6 Å². The van der Waals surface area contributed by atoms with Crippen molar-refractivity contribution in [3.8, 4) is 12.3 Å². The largest absolute Gasteiger partial charge is 0.389 e. The maximum Gasteiger partial charge on any atom is 0.319 e. The molecule has 2 rings (SSSR count). The van der Waals surface area contributed by atoms with Crippen LogP contribution in [-0.4, -0.2) is 37.0 Å². The van der Waals surface area contributed by atoms with Crippen molar-refractivity contribution in [1.29, 1.82) is 0 Å². The van der Waals surface area contributed by atoms with Crippen LogP contribution in [0, 0.1) is 18.3 Å². The number of aliphatic hydroxyl groups is 1. The molecule has 1 aliphatic rings. The third-order valence-electron chi connectivity index (χ3n) is 3.15. The fourth-order valence-corrected chi connectivity index (χ4v) is 1.79. The molecule has 21 heavy (non-hydrogen) atoms. The number of carbonyl (C=O) groups is 1. The molecule has 0 spiro atoms. The van der Waals surface area contributed by atoms with Gasteiger partial charge in [0.15, 0.2) is 0 Å². The molecule has 0 saturated heterocycles. The lowest BCUT2D eigenvalue weighted by molar-refractivity contribution is 0.0339. The summed E-state index contributed by atoms with van der Waals surface area (Å²) in [6.45, 7) is 1.08. The summed E-state index contributed by atoms with van der Waals surface area (Å²) < 4.78 is 5.36. The number of rotatable bonds is 7. The van der Waals surface area contributed by atoms with Gasteiger partial charge in [0.25, 0.3) is 0 Å². The van der Waals surface area contributed by atoms with Gasteiger partial charge >= 0.3 is 6.03 Å². The van der Waals surface area contributed by atoms with Gasteiger partial charge < -0.3 is 20.5 Å². The molecule has 5 nitrogen and oxygen atoms in total. The normalized spacial score (nSPS) is 15.0. The van der Waals surface area contributed by atoms with Crippen LogP contribution in [0.25, 0.3) is 0 Å². The summed E-state index contributed by atoms with van der Waals surface area (Å²) in [7, 11) is 0. The van der Waals surface area contributed by atoms with Gasteiger partial charge in [-0.25, -0.2) is 4.79 Å². The summed E-state index contributed by atoms with van der Waals surface area (Å²) in [4.78, 5) is 11.7. The lowest BCUT2D eigenvalue weighted by atomic mass is 10.2. The SMILES string of the molecule is C#Cc1cccc(NC(=O)NCC(O)COCC2CC2)c1. The lowest BCUT2D eigenvalue weighted by Gasteiger charge is -2.13. The van der Waals surface area contributed by atoms with Crippen molar-refractivity contribution < 1.29 is 14.6 Å². The highest BCUT2D eigenvalue weighted by atomic mass is 16.5. The summed E-state index contributed by atoms with van der Waals surface area (Å²) in [6.07, 6.45) is 7.02. The van der Waals surface area contributed by atoms with Gasteiger partial charge in [-0.05, 0) is 37.0 Å². The predicted octanol–water partition coefficient (Wildman–Crippen LogP) is 1.58. The third-order valence-corrected chi connectivity index (χ3v) is 3.15. The average Bonchev–Trinajstić information content (AvgIpc) is 3.29. The first-order chi connectivity index (χ1) is 10.2. The summed E-state index contributed by atoms with van der Waals surface area (Å²) >= 11 is 0. The van der Waals surface area contributed by atoms with Crippen LogP contribution in [0.3, 0.4) is 0 Å². The molecule has 1 aliphatic carbocycles. The van der Waals surface area contributed by atoms with Crippen molar-refractivity contribution in [3.05, 3.63) is 29.8 Å². The van der Waals surface area contributed by atoms with Gasteiger partial charge in [-0.15, -0.1) is 6.42 Å². The summed E-state index contributed by atoms with van der Waals surface area (Å²) in [6, 6.07) is 6.62. The number of hydrogen-bond acceptors (Lipinski definition) is 3. The summed E-state index contributed by atoms with van der Waals surface area (Å²) in [5, 5.41) is 14.9. The smallest absolute Gasteiger partial charge is 0.319 e. The quantitative estimate of drug-likeness (QED) is 0.667. The van der Waals surface area contributed by atoms with Crippen LogP contribution in [0.5, 0.6) is 0 Å². The van der Waals surface area contributed by atoms with Gasteiger partial charge in [0, 0.05) is 24.4 Å². The molecule has 5 heteroatoms. The van der Waals surface area contributed by atoms with E-state index in [2.05, 4.69) is 16.6 Å². The molecule has 1 unspecified atom stereocenters. The minimum Gasteiger partial charge on any atom is -0.389 e.